The van der Waals surface area contributed by atoms with Gasteiger partial charge in [-0.05, 0) is 11.8 Å². The number of hydrogen-bond donors (Lipinski definition) is 2. The molecule has 0 aromatic rings. The molecule has 0 aromatic carbocycles. The van der Waals surface area contributed by atoms with Crippen LogP contribution < -0.4 is 5.73 Å². The number of aliphatic hydroxyl groups is 1. The van der Waals surface area contributed by atoms with Gasteiger partial charge in [0.15, 0.2) is 0 Å². The van der Waals surface area contributed by atoms with Crippen molar-refractivity contribution in [2.24, 2.45) is 29.4 Å². The molecule has 0 heterocycles. The maximum absolute atomic E-state index is 9.66. The summed E-state index contributed by atoms with van der Waals surface area (Å²) in [6, 6.07) is 0. The molecule has 0 saturated carbocycles. The average Bonchev–Trinajstić information content (AvgIpc) is 2.08. The van der Waals surface area contributed by atoms with Crippen LogP contribution >= 0.6 is 0 Å². The van der Waals surface area contributed by atoms with Crippen molar-refractivity contribution >= 4 is 0 Å². The minimum Gasteiger partial charge on any atom is -0.510 e. The van der Waals surface area contributed by atoms with Gasteiger partial charge >= 0.3 is 0 Å². The van der Waals surface area contributed by atoms with Crippen LogP contribution in [-0.2, 0) is 0 Å². The van der Waals surface area contributed by atoms with E-state index in [1.165, 1.54) is 0 Å². The summed E-state index contributed by atoms with van der Waals surface area (Å²) in [5.41, 5.74) is 6.48. The Hall–Kier alpha value is -0.660. The topological polar surface area (TPSA) is 46.2 Å². The third-order valence-electron chi connectivity index (χ3n) is 3.62. The Morgan fingerprint density at radius 1 is 1.00 bits per heavy atom. The summed E-state index contributed by atoms with van der Waals surface area (Å²) in [5, 5.41) is 9.66. The zero-order chi connectivity index (χ0) is 9.46. The second kappa shape index (κ2) is 3.00. The fraction of sp³-hybridized carbons (Fsp3) is 0.800. The molecule has 0 spiro atoms. The highest BCUT2D eigenvalue weighted by atomic mass is 16.3. The van der Waals surface area contributed by atoms with E-state index < -0.39 is 0 Å². The number of aliphatic hydroxyl groups excluding tert-OH is 1. The minimum absolute atomic E-state index is 0.219. The van der Waals surface area contributed by atoms with Gasteiger partial charge in [0, 0.05) is 17.5 Å². The van der Waals surface area contributed by atoms with Gasteiger partial charge in [-0.1, -0.05) is 27.7 Å². The van der Waals surface area contributed by atoms with Gasteiger partial charge < -0.3 is 10.8 Å². The number of rotatable bonds is 0. The number of nitrogens with two attached hydrogens (primary N) is 1. The van der Waals surface area contributed by atoms with Crippen LogP contribution in [0.2, 0.25) is 0 Å². The summed E-state index contributed by atoms with van der Waals surface area (Å²) in [5.74, 6) is 2.03. The van der Waals surface area contributed by atoms with Crippen molar-refractivity contribution in [1.29, 1.82) is 0 Å². The van der Waals surface area contributed by atoms with Crippen LogP contribution in [0.5, 0.6) is 0 Å². The molecule has 0 bridgehead atoms. The Labute approximate surface area is 74.5 Å². The first-order valence-corrected chi connectivity index (χ1v) is 4.65. The highest BCUT2D eigenvalue weighted by molar-refractivity contribution is 5.15. The van der Waals surface area contributed by atoms with E-state index in [1.807, 2.05) is 6.92 Å². The van der Waals surface area contributed by atoms with Crippen LogP contribution in [0, 0.1) is 23.7 Å². The molecule has 1 aliphatic carbocycles. The molecular formula is C10H19NO. The third-order valence-corrected chi connectivity index (χ3v) is 3.62. The van der Waals surface area contributed by atoms with E-state index in [2.05, 4.69) is 20.8 Å². The van der Waals surface area contributed by atoms with Crippen molar-refractivity contribution in [2.75, 3.05) is 0 Å². The largest absolute Gasteiger partial charge is 0.510 e. The van der Waals surface area contributed by atoms with Crippen LogP contribution in [0.15, 0.2) is 11.5 Å². The Balaban J connectivity index is 3.00. The predicted octanol–water partition coefficient (Wildman–Crippen LogP) is 2.27. The lowest BCUT2D eigenvalue weighted by molar-refractivity contribution is 0.165. The standard InChI is InChI=1S/C10H19NO/c1-5-6(2)8(4)10(12)9(11)7(5)3/h5-8,12H,11H2,1-4H3. The van der Waals surface area contributed by atoms with E-state index in [0.29, 0.717) is 29.2 Å². The SMILES string of the molecule is CC1C(N)=C(O)C(C)C(C)C1C. The summed E-state index contributed by atoms with van der Waals surface area (Å²) < 4.78 is 0. The zero-order valence-corrected chi connectivity index (χ0v) is 8.33. The Kier molecular flexibility index (Phi) is 2.36. The highest BCUT2D eigenvalue weighted by Gasteiger charge is 2.34. The van der Waals surface area contributed by atoms with Gasteiger partial charge in [-0.2, -0.15) is 0 Å². The Morgan fingerprint density at radius 3 is 1.92 bits per heavy atom. The molecule has 0 radical (unpaired) electrons. The Bertz CT molecular complexity index is 188. The first kappa shape index (κ1) is 9.43. The second-order valence-electron chi connectivity index (χ2n) is 4.14. The molecule has 0 aromatic heterocycles. The van der Waals surface area contributed by atoms with Crippen molar-refractivity contribution in [1.82, 2.24) is 0 Å². The quantitative estimate of drug-likeness (QED) is 0.584. The molecule has 4 atom stereocenters. The summed E-state index contributed by atoms with van der Waals surface area (Å²) in [6.07, 6.45) is 0. The fourth-order valence-electron chi connectivity index (χ4n) is 1.94. The molecule has 70 valence electrons. The van der Waals surface area contributed by atoms with Gasteiger partial charge in [0.25, 0.3) is 0 Å². The van der Waals surface area contributed by atoms with E-state index >= 15 is 0 Å². The lowest BCUT2D eigenvalue weighted by Gasteiger charge is -2.36. The van der Waals surface area contributed by atoms with Gasteiger partial charge in [-0.15, -0.1) is 0 Å². The second-order valence-corrected chi connectivity index (χ2v) is 4.14. The van der Waals surface area contributed by atoms with Crippen molar-refractivity contribution in [3.05, 3.63) is 11.5 Å². The molecule has 0 amide bonds. The van der Waals surface area contributed by atoms with Gasteiger partial charge in [-0.25, -0.2) is 0 Å². The average molecular weight is 169 g/mol. The summed E-state index contributed by atoms with van der Waals surface area (Å²) in [6.45, 7) is 8.49. The molecule has 4 unspecified atom stereocenters. The molecular weight excluding hydrogens is 150 g/mol. The monoisotopic (exact) mass is 169 g/mol. The van der Waals surface area contributed by atoms with Crippen LogP contribution in [0.1, 0.15) is 27.7 Å². The van der Waals surface area contributed by atoms with Crippen molar-refractivity contribution in [3.63, 3.8) is 0 Å². The fourth-order valence-corrected chi connectivity index (χ4v) is 1.94. The van der Waals surface area contributed by atoms with Crippen LogP contribution in [0.25, 0.3) is 0 Å². The molecule has 2 heteroatoms. The molecule has 1 aliphatic rings. The van der Waals surface area contributed by atoms with E-state index in [1.54, 1.807) is 0 Å². The number of allylic oxidation sites excluding steroid dienone is 2. The van der Waals surface area contributed by atoms with Crippen molar-refractivity contribution in [3.8, 4) is 0 Å². The molecule has 0 aliphatic heterocycles. The highest BCUT2D eigenvalue weighted by Crippen LogP contribution is 2.38. The molecule has 12 heavy (non-hydrogen) atoms. The summed E-state index contributed by atoms with van der Waals surface area (Å²) >= 11 is 0. The van der Waals surface area contributed by atoms with Gasteiger partial charge in [0.05, 0.1) is 0 Å². The maximum Gasteiger partial charge on any atom is 0.114 e. The Morgan fingerprint density at radius 2 is 1.42 bits per heavy atom. The molecule has 0 saturated heterocycles. The summed E-state index contributed by atoms with van der Waals surface area (Å²) in [7, 11) is 0. The zero-order valence-electron chi connectivity index (χ0n) is 8.33. The minimum atomic E-state index is 0.219. The van der Waals surface area contributed by atoms with Crippen LogP contribution in [0.4, 0.5) is 0 Å². The van der Waals surface area contributed by atoms with Crippen LogP contribution in [-0.4, -0.2) is 5.11 Å². The predicted molar refractivity (Wildman–Crippen MR) is 50.5 cm³/mol. The maximum atomic E-state index is 9.66. The van der Waals surface area contributed by atoms with E-state index in [9.17, 15) is 5.11 Å². The number of hydrogen-bond acceptors (Lipinski definition) is 2. The smallest absolute Gasteiger partial charge is 0.114 e. The first-order valence-electron chi connectivity index (χ1n) is 4.65. The van der Waals surface area contributed by atoms with Crippen LogP contribution in [0.3, 0.4) is 0 Å². The first-order chi connectivity index (χ1) is 5.46. The molecule has 2 nitrogen and oxygen atoms in total. The van der Waals surface area contributed by atoms with Gasteiger partial charge in [0.1, 0.15) is 5.76 Å². The normalized spacial score (nSPS) is 43.3. The molecule has 1 rings (SSSR count). The summed E-state index contributed by atoms with van der Waals surface area (Å²) in [4.78, 5) is 0. The van der Waals surface area contributed by atoms with E-state index in [4.69, 9.17) is 5.73 Å². The van der Waals surface area contributed by atoms with Crippen molar-refractivity contribution in [2.45, 2.75) is 27.7 Å². The third kappa shape index (κ3) is 1.19. The molecule has 0 fully saturated rings. The van der Waals surface area contributed by atoms with Gasteiger partial charge in [-0.3, -0.25) is 0 Å². The lowest BCUT2D eigenvalue weighted by atomic mass is 9.71. The van der Waals surface area contributed by atoms with Gasteiger partial charge in [0.2, 0.25) is 0 Å². The molecule has 3 N–H and O–H groups in total. The van der Waals surface area contributed by atoms with Crippen molar-refractivity contribution < 1.29 is 5.11 Å². The van der Waals surface area contributed by atoms with E-state index in [0.717, 1.165) is 0 Å². The van der Waals surface area contributed by atoms with E-state index in [-0.39, 0.29) is 5.92 Å². The lowest BCUT2D eigenvalue weighted by Crippen LogP contribution is -2.34.